The second-order valence-corrected chi connectivity index (χ2v) is 7.63. The largest absolute Gasteiger partial charge is 0.480 e. The van der Waals surface area contributed by atoms with Gasteiger partial charge >= 0.3 is 11.9 Å². The summed E-state index contributed by atoms with van der Waals surface area (Å²) >= 11 is -2.17. The third-order valence-corrected chi connectivity index (χ3v) is 4.92. The minimum absolute atomic E-state index is 0.227. The molecule has 32 heavy (non-hydrogen) atoms. The van der Waals surface area contributed by atoms with E-state index in [4.69, 9.17) is 14.8 Å². The molecule has 0 saturated carbocycles. The van der Waals surface area contributed by atoms with Crippen molar-refractivity contribution in [3.63, 3.8) is 0 Å². The van der Waals surface area contributed by atoms with Crippen LogP contribution in [0.15, 0.2) is 49.1 Å². The number of carboxylic acids is 2. The molecule has 13 heteroatoms. The molecule has 3 aromatic rings. The molecule has 0 radical (unpaired) electrons. The minimum Gasteiger partial charge on any atom is -0.480 e. The Morgan fingerprint density at radius 3 is 1.84 bits per heavy atom. The minimum atomic E-state index is -2.17. The van der Waals surface area contributed by atoms with E-state index in [-0.39, 0.29) is 13.1 Å². The van der Waals surface area contributed by atoms with Gasteiger partial charge in [0.25, 0.3) is 11.3 Å². The Balaban J connectivity index is 1.81. The van der Waals surface area contributed by atoms with Gasteiger partial charge in [0.2, 0.25) is 0 Å². The van der Waals surface area contributed by atoms with Crippen LogP contribution in [0, 0.1) is 0 Å². The number of nitrogens with one attached hydrogen (secondary N) is 1. The lowest BCUT2D eigenvalue weighted by molar-refractivity contribution is -0.138. The van der Waals surface area contributed by atoms with Crippen LogP contribution < -0.4 is 4.72 Å². The van der Waals surface area contributed by atoms with E-state index >= 15 is 0 Å². The number of hydrogen-bond donors (Lipinski definition) is 4. The highest BCUT2D eigenvalue weighted by molar-refractivity contribution is 7.80. The lowest BCUT2D eigenvalue weighted by Crippen LogP contribution is -2.27. The summed E-state index contributed by atoms with van der Waals surface area (Å²) in [6.45, 7) is 0.551. The lowest BCUT2D eigenvalue weighted by Gasteiger charge is -2.22. The van der Waals surface area contributed by atoms with Crippen molar-refractivity contribution in [3.05, 3.63) is 66.3 Å². The van der Waals surface area contributed by atoms with Gasteiger partial charge in [0.1, 0.15) is 24.7 Å². The molecule has 3 rings (SSSR count). The molecule has 0 aliphatic heterocycles. The van der Waals surface area contributed by atoms with Crippen molar-refractivity contribution in [2.45, 2.75) is 32.7 Å². The van der Waals surface area contributed by atoms with Gasteiger partial charge in [-0.25, -0.2) is 14.2 Å². The van der Waals surface area contributed by atoms with Gasteiger partial charge in [-0.15, -0.1) is 0 Å². The van der Waals surface area contributed by atoms with E-state index in [1.165, 1.54) is 21.5 Å². The van der Waals surface area contributed by atoms with Crippen LogP contribution in [0.3, 0.4) is 0 Å². The van der Waals surface area contributed by atoms with Crippen LogP contribution in [0.4, 0.5) is 5.69 Å². The first-order valence-electron chi connectivity index (χ1n) is 9.42. The fraction of sp³-hybridized carbons (Fsp3) is 0.263. The molecular weight excluding hydrogens is 440 g/mol. The maximum atomic E-state index is 11.1. The van der Waals surface area contributed by atoms with Gasteiger partial charge in [-0.05, 0) is 17.7 Å². The molecule has 0 amide bonds. The highest BCUT2D eigenvalue weighted by Crippen LogP contribution is 2.16. The normalized spacial score (nSPS) is 12.1. The number of hydrogen-bond acceptors (Lipinski definition) is 6. The molecule has 0 aliphatic rings. The van der Waals surface area contributed by atoms with Crippen molar-refractivity contribution < 1.29 is 28.6 Å². The number of nitrogens with zero attached hydrogens (tertiary/aromatic N) is 5. The van der Waals surface area contributed by atoms with E-state index in [0.29, 0.717) is 37.0 Å². The molecule has 0 bridgehead atoms. The average molecular weight is 462 g/mol. The zero-order chi connectivity index (χ0) is 23.1. The van der Waals surface area contributed by atoms with E-state index < -0.39 is 23.2 Å². The average Bonchev–Trinajstić information content (AvgIpc) is 3.31. The van der Waals surface area contributed by atoms with E-state index in [2.05, 4.69) is 14.7 Å². The smallest absolute Gasteiger partial charge is 0.323 e. The van der Waals surface area contributed by atoms with Crippen molar-refractivity contribution in [2.24, 2.45) is 0 Å². The summed E-state index contributed by atoms with van der Waals surface area (Å²) in [5.74, 6) is -0.898. The zero-order valence-corrected chi connectivity index (χ0v) is 17.7. The molecule has 1 atom stereocenters. The predicted molar refractivity (Wildman–Crippen MR) is 114 cm³/mol. The molecule has 4 N–H and O–H groups in total. The fourth-order valence-electron chi connectivity index (χ4n) is 3.17. The molecule has 0 aliphatic carbocycles. The number of rotatable bonds is 12. The Morgan fingerprint density at radius 2 is 1.41 bits per heavy atom. The van der Waals surface area contributed by atoms with E-state index in [9.17, 15) is 13.8 Å². The molecule has 1 unspecified atom stereocenters. The van der Waals surface area contributed by atoms with Crippen molar-refractivity contribution in [1.29, 1.82) is 0 Å². The van der Waals surface area contributed by atoms with E-state index in [0.717, 1.165) is 5.56 Å². The molecule has 0 saturated heterocycles. The third-order valence-electron chi connectivity index (χ3n) is 4.51. The summed E-state index contributed by atoms with van der Waals surface area (Å²) < 4.78 is 25.3. The molecular formula is C19H22N6O6S. The van der Waals surface area contributed by atoms with Crippen LogP contribution in [0.5, 0.6) is 0 Å². The molecule has 0 spiro atoms. The topological polar surface area (TPSA) is 163 Å². The standard InChI is InChI=1S/C19H22N6O6S/c26-18(27)12-24-7-5-20-16(24)10-23(11-17-21-6-8-25(17)13-19(28)29)9-14-1-3-15(4-2-14)22-32(30)31/h1-8,22H,9-13H2,(H,26,27)(H,28,29)(H,30,31). The van der Waals surface area contributed by atoms with Crippen molar-refractivity contribution in [2.75, 3.05) is 4.72 Å². The number of anilines is 1. The van der Waals surface area contributed by atoms with E-state index in [1.807, 2.05) is 4.90 Å². The van der Waals surface area contributed by atoms with Crippen LogP contribution in [0.25, 0.3) is 0 Å². The highest BCUT2D eigenvalue weighted by atomic mass is 32.2. The fourth-order valence-corrected chi connectivity index (χ4v) is 3.51. The zero-order valence-electron chi connectivity index (χ0n) is 16.9. The summed E-state index contributed by atoms with van der Waals surface area (Å²) in [5, 5.41) is 18.2. The molecule has 12 nitrogen and oxygen atoms in total. The molecule has 2 aromatic heterocycles. The van der Waals surface area contributed by atoms with Crippen molar-refractivity contribution in [3.8, 4) is 0 Å². The van der Waals surface area contributed by atoms with Crippen LogP contribution >= 0.6 is 0 Å². The van der Waals surface area contributed by atoms with Gasteiger partial charge in [0.05, 0.1) is 13.1 Å². The molecule has 2 heterocycles. The number of imidazole rings is 2. The molecule has 0 fully saturated rings. The van der Waals surface area contributed by atoms with E-state index in [1.54, 1.807) is 36.7 Å². The summed E-state index contributed by atoms with van der Waals surface area (Å²) in [4.78, 5) is 32.7. The van der Waals surface area contributed by atoms with Gasteiger partial charge in [0, 0.05) is 37.0 Å². The number of aliphatic carboxylic acids is 2. The van der Waals surface area contributed by atoms with Gasteiger partial charge < -0.3 is 19.3 Å². The monoisotopic (exact) mass is 462 g/mol. The highest BCUT2D eigenvalue weighted by Gasteiger charge is 2.16. The maximum Gasteiger partial charge on any atom is 0.323 e. The molecule has 170 valence electrons. The van der Waals surface area contributed by atoms with Gasteiger partial charge in [-0.2, -0.15) is 0 Å². The first-order valence-corrected chi connectivity index (χ1v) is 10.5. The summed E-state index contributed by atoms with van der Waals surface area (Å²) in [6.07, 6.45) is 6.22. The van der Waals surface area contributed by atoms with Crippen LogP contribution in [0.2, 0.25) is 0 Å². The Labute approximate surface area is 185 Å². The van der Waals surface area contributed by atoms with Crippen molar-refractivity contribution in [1.82, 2.24) is 24.0 Å². The maximum absolute atomic E-state index is 11.1. The SMILES string of the molecule is O=C(O)Cn1ccnc1CN(Cc1ccc(NS(=O)O)cc1)Cc1nccn1CC(=O)O. The Kier molecular flexibility index (Phi) is 7.70. The first kappa shape index (κ1) is 23.1. The van der Waals surface area contributed by atoms with Crippen LogP contribution in [0.1, 0.15) is 17.2 Å². The number of carboxylic acid groups (broad SMARTS) is 2. The Bertz CT molecular complexity index is 1040. The van der Waals surface area contributed by atoms with Gasteiger partial charge in [-0.3, -0.25) is 23.8 Å². The van der Waals surface area contributed by atoms with Crippen LogP contribution in [-0.2, 0) is 53.6 Å². The number of benzene rings is 1. The van der Waals surface area contributed by atoms with Gasteiger partial charge in [0.15, 0.2) is 0 Å². The first-order chi connectivity index (χ1) is 15.3. The van der Waals surface area contributed by atoms with Crippen molar-refractivity contribution >= 4 is 28.9 Å². The number of aromatic nitrogens is 4. The Hall–Kier alpha value is -3.55. The summed E-state index contributed by atoms with van der Waals surface area (Å²) in [7, 11) is 0. The summed E-state index contributed by atoms with van der Waals surface area (Å²) in [5.41, 5.74) is 1.36. The quantitative estimate of drug-likeness (QED) is 0.288. The van der Waals surface area contributed by atoms with Gasteiger partial charge in [-0.1, -0.05) is 12.1 Å². The summed E-state index contributed by atoms with van der Waals surface area (Å²) in [6, 6.07) is 6.90. The second kappa shape index (κ2) is 10.7. The molecule has 1 aromatic carbocycles. The second-order valence-electron chi connectivity index (χ2n) is 6.92. The Morgan fingerprint density at radius 1 is 0.906 bits per heavy atom. The predicted octanol–water partition coefficient (Wildman–Crippen LogP) is 1.000. The third kappa shape index (κ3) is 6.73. The number of carbonyl (C=O) groups is 2. The van der Waals surface area contributed by atoms with Crippen LogP contribution in [-0.4, -0.2) is 54.9 Å². The lowest BCUT2D eigenvalue weighted by atomic mass is 10.2.